The third-order valence-electron chi connectivity index (χ3n) is 3.83. The number of hydrogen-bond donors (Lipinski definition) is 2. The van der Waals surface area contributed by atoms with Crippen LogP contribution in [0, 0.1) is 5.92 Å². The first-order valence-corrected chi connectivity index (χ1v) is 6.82. The molecule has 3 nitrogen and oxygen atoms in total. The summed E-state index contributed by atoms with van der Waals surface area (Å²) in [6.07, 6.45) is 1.20. The molecule has 1 aromatic carbocycles. The Kier molecular flexibility index (Phi) is 4.02. The molecule has 0 fully saturated rings. The molecule has 2 rings (SSSR count). The van der Waals surface area contributed by atoms with Crippen molar-refractivity contribution in [1.29, 1.82) is 0 Å². The number of benzene rings is 1. The quantitative estimate of drug-likeness (QED) is 0.844. The van der Waals surface area contributed by atoms with Crippen LogP contribution in [-0.2, 0) is 0 Å². The van der Waals surface area contributed by atoms with Crippen LogP contribution in [-0.4, -0.2) is 16.0 Å². The molecule has 0 aliphatic rings. The molecule has 18 heavy (non-hydrogen) atoms. The Morgan fingerprint density at radius 2 is 1.94 bits per heavy atom. The van der Waals surface area contributed by atoms with E-state index in [2.05, 4.69) is 49.0 Å². The van der Waals surface area contributed by atoms with Crippen molar-refractivity contribution in [3.8, 4) is 0 Å². The van der Waals surface area contributed by atoms with Gasteiger partial charge in [-0.2, -0.15) is 0 Å². The molecule has 1 aromatic heterocycles. The van der Waals surface area contributed by atoms with Crippen molar-refractivity contribution in [1.82, 2.24) is 15.3 Å². The van der Waals surface area contributed by atoms with Gasteiger partial charge in [0.2, 0.25) is 0 Å². The summed E-state index contributed by atoms with van der Waals surface area (Å²) in [4.78, 5) is 8.02. The fourth-order valence-electron chi connectivity index (χ4n) is 2.17. The van der Waals surface area contributed by atoms with Gasteiger partial charge in [0.25, 0.3) is 0 Å². The van der Waals surface area contributed by atoms with E-state index in [0.717, 1.165) is 16.9 Å². The van der Waals surface area contributed by atoms with Crippen LogP contribution in [0.5, 0.6) is 0 Å². The molecule has 0 aliphatic carbocycles. The summed E-state index contributed by atoms with van der Waals surface area (Å²) >= 11 is 0. The van der Waals surface area contributed by atoms with Gasteiger partial charge < -0.3 is 10.3 Å². The molecule has 0 amide bonds. The van der Waals surface area contributed by atoms with Crippen LogP contribution in [0.1, 0.15) is 46.0 Å². The average Bonchev–Trinajstić information content (AvgIpc) is 2.81. The lowest BCUT2D eigenvalue weighted by Crippen LogP contribution is -2.34. The molecule has 0 saturated carbocycles. The number of nitrogens with zero attached hydrogens (tertiary/aromatic N) is 1. The number of para-hydroxylation sites is 2. The maximum absolute atomic E-state index is 4.63. The van der Waals surface area contributed by atoms with Crippen LogP contribution in [0.2, 0.25) is 0 Å². The predicted molar refractivity (Wildman–Crippen MR) is 76.6 cm³/mol. The van der Waals surface area contributed by atoms with Crippen molar-refractivity contribution in [3.63, 3.8) is 0 Å². The van der Waals surface area contributed by atoms with Crippen LogP contribution in [0.25, 0.3) is 11.0 Å². The summed E-state index contributed by atoms with van der Waals surface area (Å²) in [5.41, 5.74) is 2.15. The first-order valence-electron chi connectivity index (χ1n) is 6.82. The zero-order valence-electron chi connectivity index (χ0n) is 11.7. The van der Waals surface area contributed by atoms with Crippen molar-refractivity contribution in [2.75, 3.05) is 0 Å². The highest BCUT2D eigenvalue weighted by atomic mass is 15.0. The van der Waals surface area contributed by atoms with E-state index >= 15 is 0 Å². The van der Waals surface area contributed by atoms with E-state index in [1.54, 1.807) is 0 Å². The van der Waals surface area contributed by atoms with Crippen molar-refractivity contribution < 1.29 is 0 Å². The molecule has 1 heterocycles. The number of fused-ring (bicyclic) bond motifs is 1. The van der Waals surface area contributed by atoms with E-state index in [-0.39, 0.29) is 6.04 Å². The van der Waals surface area contributed by atoms with Gasteiger partial charge in [-0.25, -0.2) is 4.98 Å². The molecule has 0 radical (unpaired) electrons. The van der Waals surface area contributed by atoms with Crippen molar-refractivity contribution in [2.45, 2.75) is 46.2 Å². The molecule has 0 bridgehead atoms. The van der Waals surface area contributed by atoms with Crippen molar-refractivity contribution >= 4 is 11.0 Å². The fraction of sp³-hybridized carbons (Fsp3) is 0.533. The normalized spacial score (nSPS) is 16.7. The summed E-state index contributed by atoms with van der Waals surface area (Å²) in [6, 6.07) is 8.91. The summed E-state index contributed by atoms with van der Waals surface area (Å²) in [5.74, 6) is 1.70. The first kappa shape index (κ1) is 13.1. The van der Waals surface area contributed by atoms with Crippen LogP contribution in [0.15, 0.2) is 24.3 Å². The summed E-state index contributed by atoms with van der Waals surface area (Å²) in [7, 11) is 0. The number of nitrogens with one attached hydrogen (secondary N) is 2. The average molecular weight is 245 g/mol. The highest BCUT2D eigenvalue weighted by molar-refractivity contribution is 5.74. The van der Waals surface area contributed by atoms with Crippen LogP contribution >= 0.6 is 0 Å². The Morgan fingerprint density at radius 1 is 1.22 bits per heavy atom. The van der Waals surface area contributed by atoms with E-state index in [0.29, 0.717) is 12.0 Å². The van der Waals surface area contributed by atoms with E-state index in [1.807, 2.05) is 18.2 Å². The Bertz CT molecular complexity index is 470. The van der Waals surface area contributed by atoms with Gasteiger partial charge in [0, 0.05) is 6.04 Å². The Balaban J connectivity index is 2.11. The maximum Gasteiger partial charge on any atom is 0.124 e. The molecule has 0 aliphatic heterocycles. The van der Waals surface area contributed by atoms with E-state index in [9.17, 15) is 0 Å². The number of H-pyrrole nitrogens is 1. The molecule has 98 valence electrons. The fourth-order valence-corrected chi connectivity index (χ4v) is 2.17. The number of aromatic amines is 1. The second kappa shape index (κ2) is 5.53. The largest absolute Gasteiger partial charge is 0.341 e. The van der Waals surface area contributed by atoms with Gasteiger partial charge >= 0.3 is 0 Å². The minimum atomic E-state index is 0.251. The third-order valence-corrected chi connectivity index (χ3v) is 3.83. The molecule has 3 unspecified atom stereocenters. The van der Waals surface area contributed by atoms with Gasteiger partial charge in [-0.1, -0.05) is 32.4 Å². The zero-order chi connectivity index (χ0) is 13.1. The first-order chi connectivity index (χ1) is 8.61. The number of rotatable bonds is 5. The highest BCUT2D eigenvalue weighted by Gasteiger charge is 2.16. The molecular formula is C15H23N3. The molecule has 0 spiro atoms. The third kappa shape index (κ3) is 2.72. The highest BCUT2D eigenvalue weighted by Crippen LogP contribution is 2.17. The van der Waals surface area contributed by atoms with Crippen LogP contribution in [0.3, 0.4) is 0 Å². The zero-order valence-corrected chi connectivity index (χ0v) is 11.7. The summed E-state index contributed by atoms with van der Waals surface area (Å²) < 4.78 is 0. The monoisotopic (exact) mass is 245 g/mol. The van der Waals surface area contributed by atoms with Gasteiger partial charge in [0.15, 0.2) is 0 Å². The summed E-state index contributed by atoms with van der Waals surface area (Å²) in [6.45, 7) is 8.92. The number of aromatic nitrogens is 2. The van der Waals surface area contributed by atoms with Gasteiger partial charge in [0.1, 0.15) is 5.82 Å². The second-order valence-electron chi connectivity index (χ2n) is 5.20. The topological polar surface area (TPSA) is 40.7 Å². The van der Waals surface area contributed by atoms with Gasteiger partial charge in [0.05, 0.1) is 17.1 Å². The van der Waals surface area contributed by atoms with Gasteiger partial charge in [-0.05, 0) is 31.9 Å². The van der Waals surface area contributed by atoms with Gasteiger partial charge in [-0.15, -0.1) is 0 Å². The minimum Gasteiger partial charge on any atom is -0.341 e. The Morgan fingerprint density at radius 3 is 2.61 bits per heavy atom. The number of hydrogen-bond acceptors (Lipinski definition) is 2. The molecule has 2 aromatic rings. The molecule has 2 N–H and O–H groups in total. The standard InChI is InChI=1S/C15H23N3/c1-5-10(2)11(3)16-12(4)15-17-13-8-6-7-9-14(13)18-15/h6-12,16H,5H2,1-4H3,(H,17,18). The summed E-state index contributed by atoms with van der Waals surface area (Å²) in [5, 5.41) is 3.61. The van der Waals surface area contributed by atoms with Gasteiger partial charge in [-0.3, -0.25) is 0 Å². The molecule has 3 atom stereocenters. The minimum absolute atomic E-state index is 0.251. The maximum atomic E-state index is 4.63. The molecule has 3 heteroatoms. The Hall–Kier alpha value is -1.35. The lowest BCUT2D eigenvalue weighted by molar-refractivity contribution is 0.355. The van der Waals surface area contributed by atoms with E-state index < -0.39 is 0 Å². The number of imidazole rings is 1. The van der Waals surface area contributed by atoms with Crippen LogP contribution in [0.4, 0.5) is 0 Å². The molecule has 0 saturated heterocycles. The van der Waals surface area contributed by atoms with Crippen molar-refractivity contribution in [3.05, 3.63) is 30.1 Å². The second-order valence-corrected chi connectivity index (χ2v) is 5.20. The lowest BCUT2D eigenvalue weighted by atomic mass is 10.0. The molecular weight excluding hydrogens is 222 g/mol. The van der Waals surface area contributed by atoms with Crippen molar-refractivity contribution in [2.24, 2.45) is 5.92 Å². The van der Waals surface area contributed by atoms with E-state index in [1.165, 1.54) is 6.42 Å². The van der Waals surface area contributed by atoms with E-state index in [4.69, 9.17) is 0 Å². The SMILES string of the molecule is CCC(C)C(C)NC(C)c1nc2ccccc2[nH]1. The smallest absolute Gasteiger partial charge is 0.124 e. The predicted octanol–water partition coefficient (Wildman–Crippen LogP) is 3.65. The lowest BCUT2D eigenvalue weighted by Gasteiger charge is -2.23. The van der Waals surface area contributed by atoms with Crippen LogP contribution < -0.4 is 5.32 Å². The Labute approximate surface area is 109 Å².